The zero-order valence-electron chi connectivity index (χ0n) is 22.8. The van der Waals surface area contributed by atoms with Crippen LogP contribution in [-0.4, -0.2) is 28.6 Å². The Labute approximate surface area is 241 Å². The molecule has 5 atom stereocenters. The first-order valence-corrected chi connectivity index (χ1v) is 15.2. The Balaban J connectivity index is 1.41. The average Bonchev–Trinajstić information content (AvgIpc) is 3.23. The largest absolute Gasteiger partial charge is 0.456 e. The smallest absolute Gasteiger partial charge is 0.383 e. The van der Waals surface area contributed by atoms with E-state index in [1.807, 2.05) is 42.5 Å². The molecule has 0 aliphatic heterocycles. The molecule has 4 aliphatic carbocycles. The summed E-state index contributed by atoms with van der Waals surface area (Å²) in [5.74, 6) is -5.52. The number of fused-ring (bicyclic) bond motifs is 4. The van der Waals surface area contributed by atoms with Gasteiger partial charge < -0.3 is 5.11 Å². The Morgan fingerprint density at radius 2 is 1.66 bits per heavy atom. The van der Waals surface area contributed by atoms with Crippen LogP contribution < -0.4 is 0 Å². The summed E-state index contributed by atoms with van der Waals surface area (Å²) in [7, 11) is 0. The standard InChI is InChI=1S/C33H33F5O2S/c1-30-18-27(21-7-11-24(12-8-21)41-19-20-5-3-2-4-6-20)29-25-14-10-23(39)17-22(25)9-13-26(29)28(30)15-16-31(30,40)32(34,35)33(36,37)38/h2-8,11-12,17,26-28,40H,9-10,13-16,18-19H2,1H3/t26?,27-,28?,30+,31+/m1/s1. The Kier molecular flexibility index (Phi) is 7.04. The lowest BCUT2D eigenvalue weighted by molar-refractivity contribution is -0.362. The van der Waals surface area contributed by atoms with Crippen LogP contribution >= 0.6 is 11.8 Å². The summed E-state index contributed by atoms with van der Waals surface area (Å²) < 4.78 is 71.5. The minimum absolute atomic E-state index is 0.00704. The third kappa shape index (κ3) is 4.51. The summed E-state index contributed by atoms with van der Waals surface area (Å²) in [6.45, 7) is 1.46. The fourth-order valence-electron chi connectivity index (χ4n) is 8.25. The lowest BCUT2D eigenvalue weighted by Gasteiger charge is -2.56. The Morgan fingerprint density at radius 1 is 0.951 bits per heavy atom. The van der Waals surface area contributed by atoms with E-state index in [0.29, 0.717) is 25.7 Å². The topological polar surface area (TPSA) is 37.3 Å². The number of benzene rings is 2. The quantitative estimate of drug-likeness (QED) is 0.280. The van der Waals surface area contributed by atoms with E-state index in [0.717, 1.165) is 32.9 Å². The van der Waals surface area contributed by atoms with E-state index >= 15 is 8.78 Å². The van der Waals surface area contributed by atoms with Crippen LogP contribution in [0.2, 0.25) is 0 Å². The van der Waals surface area contributed by atoms with E-state index in [4.69, 9.17) is 0 Å². The number of ketones is 1. The van der Waals surface area contributed by atoms with E-state index in [1.165, 1.54) is 12.5 Å². The van der Waals surface area contributed by atoms with Gasteiger partial charge in [0.15, 0.2) is 5.78 Å². The van der Waals surface area contributed by atoms with Crippen LogP contribution in [0.1, 0.15) is 68.9 Å². The maximum Gasteiger partial charge on any atom is 0.456 e. The van der Waals surface area contributed by atoms with Crippen LogP contribution in [0.25, 0.3) is 0 Å². The van der Waals surface area contributed by atoms with Crippen molar-refractivity contribution >= 4 is 17.5 Å². The number of hydrogen-bond donors (Lipinski definition) is 1. The number of halogens is 5. The highest BCUT2D eigenvalue weighted by Gasteiger charge is 2.79. The molecule has 0 bridgehead atoms. The first kappa shape index (κ1) is 28.7. The highest BCUT2D eigenvalue weighted by Crippen LogP contribution is 2.70. The molecule has 4 aliphatic rings. The number of alkyl halides is 5. The van der Waals surface area contributed by atoms with Crippen LogP contribution in [0.3, 0.4) is 0 Å². The molecule has 8 heteroatoms. The van der Waals surface area contributed by atoms with Crippen LogP contribution in [0, 0.1) is 17.3 Å². The van der Waals surface area contributed by atoms with Gasteiger partial charge in [0.2, 0.25) is 0 Å². The number of carbonyl (C=O) groups is 1. The molecule has 2 aromatic rings. The van der Waals surface area contributed by atoms with Gasteiger partial charge in [-0.15, -0.1) is 11.8 Å². The molecule has 2 saturated carbocycles. The third-order valence-corrected chi connectivity index (χ3v) is 11.4. The van der Waals surface area contributed by atoms with Crippen LogP contribution in [0.5, 0.6) is 0 Å². The average molecular weight is 589 g/mol. The molecule has 0 saturated heterocycles. The summed E-state index contributed by atoms with van der Waals surface area (Å²) in [4.78, 5) is 13.3. The molecule has 41 heavy (non-hydrogen) atoms. The van der Waals surface area contributed by atoms with Crippen molar-refractivity contribution in [2.45, 2.75) is 86.1 Å². The molecule has 2 aromatic carbocycles. The van der Waals surface area contributed by atoms with Gasteiger partial charge in [-0.2, -0.15) is 22.0 Å². The fourth-order valence-corrected chi connectivity index (χ4v) is 9.11. The lowest BCUT2D eigenvalue weighted by atomic mass is 9.50. The summed E-state index contributed by atoms with van der Waals surface area (Å²) in [5.41, 5.74) is 0.338. The zero-order chi connectivity index (χ0) is 29.2. The molecule has 0 aromatic heterocycles. The molecule has 0 amide bonds. The van der Waals surface area contributed by atoms with Gasteiger partial charge in [0, 0.05) is 28.4 Å². The number of aliphatic hydroxyl groups is 1. The molecule has 2 nitrogen and oxygen atoms in total. The monoisotopic (exact) mass is 588 g/mol. The number of rotatable bonds is 5. The van der Waals surface area contributed by atoms with E-state index in [2.05, 4.69) is 12.1 Å². The maximum absolute atomic E-state index is 15.1. The lowest BCUT2D eigenvalue weighted by Crippen LogP contribution is -2.65. The minimum atomic E-state index is -5.85. The number of allylic oxidation sites excluding steroid dienone is 4. The molecule has 218 valence electrons. The van der Waals surface area contributed by atoms with Crippen molar-refractivity contribution in [1.29, 1.82) is 0 Å². The normalized spacial score (nSPS) is 31.8. The fraction of sp³-hybridized carbons (Fsp3) is 0.485. The van der Waals surface area contributed by atoms with Gasteiger partial charge in [-0.1, -0.05) is 55.0 Å². The van der Waals surface area contributed by atoms with Crippen molar-refractivity contribution in [2.75, 3.05) is 0 Å². The van der Waals surface area contributed by atoms with Gasteiger partial charge >= 0.3 is 12.1 Å². The Hall–Kier alpha value is -2.45. The van der Waals surface area contributed by atoms with Crippen molar-refractivity contribution in [2.24, 2.45) is 17.3 Å². The summed E-state index contributed by atoms with van der Waals surface area (Å²) in [5, 5.41) is 11.4. The molecule has 2 fully saturated rings. The SMILES string of the molecule is C[C@]12C[C@H](c3ccc(SCc4ccccc4)cc3)C3=C4CCC(=O)C=C4CCC3C1CC[C@@]2(O)C(F)(F)C(F)(F)F. The predicted molar refractivity (Wildman–Crippen MR) is 149 cm³/mol. The van der Waals surface area contributed by atoms with Crippen molar-refractivity contribution < 1.29 is 31.9 Å². The summed E-state index contributed by atoms with van der Waals surface area (Å²) in [6, 6.07) is 17.9. The van der Waals surface area contributed by atoms with Crippen LogP contribution in [0.4, 0.5) is 22.0 Å². The van der Waals surface area contributed by atoms with E-state index in [1.54, 1.807) is 17.8 Å². The zero-order valence-corrected chi connectivity index (χ0v) is 23.6. The van der Waals surface area contributed by atoms with Gasteiger partial charge in [0.05, 0.1) is 0 Å². The van der Waals surface area contributed by atoms with Crippen molar-refractivity contribution in [3.8, 4) is 0 Å². The highest BCUT2D eigenvalue weighted by molar-refractivity contribution is 7.98. The molecule has 0 spiro atoms. The van der Waals surface area contributed by atoms with Crippen molar-refractivity contribution in [3.05, 3.63) is 88.5 Å². The van der Waals surface area contributed by atoms with Gasteiger partial charge in [0.25, 0.3) is 0 Å². The third-order valence-electron chi connectivity index (χ3n) is 10.3. The summed E-state index contributed by atoms with van der Waals surface area (Å²) in [6.07, 6.45) is -2.55. The number of carbonyl (C=O) groups excluding carboxylic acids is 1. The second-order valence-electron chi connectivity index (χ2n) is 12.3. The summed E-state index contributed by atoms with van der Waals surface area (Å²) >= 11 is 1.67. The van der Waals surface area contributed by atoms with Gasteiger partial charge in [-0.05, 0) is 90.8 Å². The van der Waals surface area contributed by atoms with Crippen molar-refractivity contribution in [3.63, 3.8) is 0 Å². The molecule has 0 radical (unpaired) electrons. The van der Waals surface area contributed by atoms with Crippen LogP contribution in [-0.2, 0) is 10.5 Å². The Morgan fingerprint density at radius 3 is 2.34 bits per heavy atom. The first-order valence-electron chi connectivity index (χ1n) is 14.3. The Bertz CT molecular complexity index is 1400. The first-order chi connectivity index (χ1) is 19.4. The van der Waals surface area contributed by atoms with Gasteiger partial charge in [0.1, 0.15) is 5.60 Å². The molecular formula is C33H33F5O2S. The predicted octanol–water partition coefficient (Wildman–Crippen LogP) is 8.81. The number of thioether (sulfide) groups is 1. The minimum Gasteiger partial charge on any atom is -0.383 e. The molecule has 6 rings (SSSR count). The van der Waals surface area contributed by atoms with Gasteiger partial charge in [-0.3, -0.25) is 4.79 Å². The van der Waals surface area contributed by atoms with Crippen molar-refractivity contribution in [1.82, 2.24) is 0 Å². The second kappa shape index (κ2) is 10.1. The molecular weight excluding hydrogens is 555 g/mol. The second-order valence-corrected chi connectivity index (χ2v) is 13.4. The number of hydrogen-bond acceptors (Lipinski definition) is 3. The highest BCUT2D eigenvalue weighted by atomic mass is 32.2. The van der Waals surface area contributed by atoms with E-state index in [-0.39, 0.29) is 24.5 Å². The van der Waals surface area contributed by atoms with Crippen LogP contribution in [0.15, 0.2) is 82.3 Å². The molecule has 2 unspecified atom stereocenters. The van der Waals surface area contributed by atoms with E-state index < -0.39 is 41.4 Å². The molecule has 0 heterocycles. The van der Waals surface area contributed by atoms with Gasteiger partial charge in [-0.25, -0.2) is 0 Å². The molecule has 1 N–H and O–H groups in total. The van der Waals surface area contributed by atoms with E-state index in [9.17, 15) is 23.1 Å². The maximum atomic E-state index is 15.1.